The largest absolute Gasteiger partial charge is 0.377 e. The van der Waals surface area contributed by atoms with Crippen LogP contribution in [-0.2, 0) is 18.2 Å². The van der Waals surface area contributed by atoms with Crippen LogP contribution in [0.1, 0.15) is 26.5 Å². The molecule has 1 unspecified atom stereocenters. The van der Waals surface area contributed by atoms with Gasteiger partial charge in [0.2, 0.25) is 0 Å². The fourth-order valence-electron chi connectivity index (χ4n) is 1.53. The van der Waals surface area contributed by atoms with Gasteiger partial charge in [0.1, 0.15) is 0 Å². The first-order valence-electron chi connectivity index (χ1n) is 5.82. The molecule has 1 heterocycles. The highest BCUT2D eigenvalue weighted by Gasteiger charge is 2.11. The molecule has 0 aromatic carbocycles. The molecule has 0 saturated carbocycles. The van der Waals surface area contributed by atoms with Crippen LogP contribution >= 0.6 is 0 Å². The number of aromatic nitrogens is 3. The third-order valence-electron chi connectivity index (χ3n) is 2.23. The zero-order chi connectivity index (χ0) is 12.0. The maximum absolute atomic E-state index is 5.62. The van der Waals surface area contributed by atoms with Crippen LogP contribution in [0.3, 0.4) is 0 Å². The van der Waals surface area contributed by atoms with E-state index in [2.05, 4.69) is 22.6 Å². The topological polar surface area (TPSA) is 52.0 Å². The van der Waals surface area contributed by atoms with Crippen LogP contribution in [0.15, 0.2) is 6.20 Å². The van der Waals surface area contributed by atoms with Gasteiger partial charge in [-0.3, -0.25) is 4.68 Å². The first-order chi connectivity index (χ1) is 7.61. The molecule has 0 fully saturated rings. The number of hydrogen-bond acceptors (Lipinski definition) is 4. The van der Waals surface area contributed by atoms with Crippen LogP contribution in [0, 0.1) is 0 Å². The van der Waals surface area contributed by atoms with Crippen LogP contribution in [0.4, 0.5) is 0 Å². The summed E-state index contributed by atoms with van der Waals surface area (Å²) in [4.78, 5) is 0. The second-order valence-corrected chi connectivity index (χ2v) is 4.22. The van der Waals surface area contributed by atoms with Crippen molar-refractivity contribution in [1.29, 1.82) is 0 Å². The standard InChI is InChI=1S/C11H22N4O/c1-5-12-11(8-16-9(2)3)6-10-7-15(4)14-13-10/h7,9,11-12H,5-6,8H2,1-4H3. The summed E-state index contributed by atoms with van der Waals surface area (Å²) in [6.07, 6.45) is 3.07. The molecule has 0 aliphatic rings. The second-order valence-electron chi connectivity index (χ2n) is 4.22. The Bertz CT molecular complexity index is 298. The Balaban J connectivity index is 2.43. The summed E-state index contributed by atoms with van der Waals surface area (Å²) in [5.74, 6) is 0. The van der Waals surface area contributed by atoms with Crippen molar-refractivity contribution < 1.29 is 4.74 Å². The maximum atomic E-state index is 5.62. The number of hydrogen-bond donors (Lipinski definition) is 1. The predicted molar refractivity (Wildman–Crippen MR) is 63.3 cm³/mol. The van der Waals surface area contributed by atoms with Gasteiger partial charge in [0, 0.05) is 25.7 Å². The van der Waals surface area contributed by atoms with Crippen molar-refractivity contribution in [3.8, 4) is 0 Å². The smallest absolute Gasteiger partial charge is 0.0843 e. The molecule has 1 aromatic heterocycles. The summed E-state index contributed by atoms with van der Waals surface area (Å²) in [7, 11) is 1.88. The lowest BCUT2D eigenvalue weighted by Gasteiger charge is -2.18. The van der Waals surface area contributed by atoms with Crippen molar-refractivity contribution in [1.82, 2.24) is 20.3 Å². The first-order valence-corrected chi connectivity index (χ1v) is 5.82. The summed E-state index contributed by atoms with van der Waals surface area (Å²) in [6.45, 7) is 7.84. The molecule has 5 nitrogen and oxygen atoms in total. The number of likely N-dealkylation sites (N-methyl/N-ethyl adjacent to an activating group) is 1. The number of aryl methyl sites for hydroxylation is 1. The molecule has 92 valence electrons. The lowest BCUT2D eigenvalue weighted by Crippen LogP contribution is -2.36. The van der Waals surface area contributed by atoms with Crippen LogP contribution in [0.2, 0.25) is 0 Å². The molecule has 0 spiro atoms. The van der Waals surface area contributed by atoms with Crippen molar-refractivity contribution in [2.24, 2.45) is 7.05 Å². The van der Waals surface area contributed by atoms with E-state index >= 15 is 0 Å². The maximum Gasteiger partial charge on any atom is 0.0843 e. The Morgan fingerprint density at radius 1 is 1.50 bits per heavy atom. The molecule has 1 rings (SSSR count). The van der Waals surface area contributed by atoms with Gasteiger partial charge in [0.15, 0.2) is 0 Å². The van der Waals surface area contributed by atoms with E-state index in [1.54, 1.807) is 4.68 Å². The summed E-state index contributed by atoms with van der Waals surface area (Å²) < 4.78 is 7.34. The zero-order valence-electron chi connectivity index (χ0n) is 10.6. The Morgan fingerprint density at radius 2 is 2.25 bits per heavy atom. The van der Waals surface area contributed by atoms with Gasteiger partial charge in [-0.25, -0.2) is 0 Å². The molecule has 16 heavy (non-hydrogen) atoms. The van der Waals surface area contributed by atoms with E-state index in [0.717, 1.165) is 18.7 Å². The van der Waals surface area contributed by atoms with Gasteiger partial charge in [0.05, 0.1) is 18.4 Å². The molecular formula is C11H22N4O. The fourth-order valence-corrected chi connectivity index (χ4v) is 1.53. The molecule has 0 aliphatic carbocycles. The quantitative estimate of drug-likeness (QED) is 0.746. The Kier molecular flexibility index (Phi) is 5.42. The molecule has 1 N–H and O–H groups in total. The van der Waals surface area contributed by atoms with Crippen LogP contribution in [0.5, 0.6) is 0 Å². The van der Waals surface area contributed by atoms with Crippen molar-refractivity contribution in [3.63, 3.8) is 0 Å². The van der Waals surface area contributed by atoms with Gasteiger partial charge >= 0.3 is 0 Å². The molecule has 1 atom stereocenters. The number of rotatable bonds is 7. The third-order valence-corrected chi connectivity index (χ3v) is 2.23. The van der Waals surface area contributed by atoms with Crippen LogP contribution in [0.25, 0.3) is 0 Å². The molecular weight excluding hydrogens is 204 g/mol. The lowest BCUT2D eigenvalue weighted by molar-refractivity contribution is 0.0614. The highest BCUT2D eigenvalue weighted by atomic mass is 16.5. The molecule has 0 aliphatic heterocycles. The highest BCUT2D eigenvalue weighted by Crippen LogP contribution is 2.01. The van der Waals surface area contributed by atoms with E-state index in [0.29, 0.717) is 12.6 Å². The second kappa shape index (κ2) is 6.60. The minimum atomic E-state index is 0.267. The molecule has 5 heteroatoms. The minimum Gasteiger partial charge on any atom is -0.377 e. The van der Waals surface area contributed by atoms with E-state index in [1.165, 1.54) is 0 Å². The predicted octanol–water partition coefficient (Wildman–Crippen LogP) is 0.761. The van der Waals surface area contributed by atoms with Crippen molar-refractivity contribution in [2.75, 3.05) is 13.2 Å². The normalized spacial score (nSPS) is 13.3. The van der Waals surface area contributed by atoms with E-state index in [-0.39, 0.29) is 6.10 Å². The SMILES string of the molecule is CCNC(COC(C)C)Cc1cn(C)nn1. The number of ether oxygens (including phenoxy) is 1. The average Bonchev–Trinajstić information content (AvgIpc) is 2.61. The highest BCUT2D eigenvalue weighted by molar-refractivity contribution is 4.95. The van der Waals surface area contributed by atoms with Crippen molar-refractivity contribution >= 4 is 0 Å². The molecule has 0 saturated heterocycles. The fraction of sp³-hybridized carbons (Fsp3) is 0.818. The number of nitrogens with one attached hydrogen (secondary N) is 1. The Hall–Kier alpha value is -0.940. The Morgan fingerprint density at radius 3 is 2.75 bits per heavy atom. The molecule has 0 radical (unpaired) electrons. The van der Waals surface area contributed by atoms with Gasteiger partial charge in [-0.2, -0.15) is 0 Å². The van der Waals surface area contributed by atoms with Gasteiger partial charge in [0.25, 0.3) is 0 Å². The summed E-state index contributed by atoms with van der Waals surface area (Å²) in [6, 6.07) is 0.309. The summed E-state index contributed by atoms with van der Waals surface area (Å²) in [5.41, 5.74) is 1.00. The summed E-state index contributed by atoms with van der Waals surface area (Å²) in [5, 5.41) is 11.4. The van der Waals surface area contributed by atoms with E-state index in [9.17, 15) is 0 Å². The average molecular weight is 226 g/mol. The molecule has 0 amide bonds. The number of nitrogens with zero attached hydrogens (tertiary/aromatic N) is 3. The third kappa shape index (κ3) is 4.72. The van der Waals surface area contributed by atoms with Crippen molar-refractivity contribution in [3.05, 3.63) is 11.9 Å². The summed E-state index contributed by atoms with van der Waals surface area (Å²) >= 11 is 0. The zero-order valence-corrected chi connectivity index (χ0v) is 10.6. The minimum absolute atomic E-state index is 0.267. The molecule has 0 bridgehead atoms. The van der Waals surface area contributed by atoms with Gasteiger partial charge in [-0.05, 0) is 20.4 Å². The van der Waals surface area contributed by atoms with E-state index in [4.69, 9.17) is 4.74 Å². The van der Waals surface area contributed by atoms with Crippen LogP contribution in [-0.4, -0.2) is 40.3 Å². The molecule has 1 aromatic rings. The monoisotopic (exact) mass is 226 g/mol. The van der Waals surface area contributed by atoms with Gasteiger partial charge in [-0.1, -0.05) is 12.1 Å². The van der Waals surface area contributed by atoms with E-state index in [1.807, 2.05) is 27.1 Å². The van der Waals surface area contributed by atoms with Crippen molar-refractivity contribution in [2.45, 2.75) is 39.3 Å². The first kappa shape index (κ1) is 13.1. The van der Waals surface area contributed by atoms with Gasteiger partial charge in [-0.15, -0.1) is 5.10 Å². The van der Waals surface area contributed by atoms with E-state index < -0.39 is 0 Å². The Labute approximate surface area is 97.2 Å². The van der Waals surface area contributed by atoms with Crippen LogP contribution < -0.4 is 5.32 Å². The lowest BCUT2D eigenvalue weighted by atomic mass is 10.2. The van der Waals surface area contributed by atoms with Gasteiger partial charge < -0.3 is 10.1 Å².